The van der Waals surface area contributed by atoms with E-state index < -0.39 is 5.41 Å². The molecular weight excluding hydrogens is 412 g/mol. The molecule has 4 aromatic rings. The first-order valence-corrected chi connectivity index (χ1v) is 11.6. The summed E-state index contributed by atoms with van der Waals surface area (Å²) in [6, 6.07) is 27.2. The Morgan fingerprint density at radius 2 is 1.72 bits per heavy atom. The van der Waals surface area contributed by atoms with Gasteiger partial charge in [-0.3, -0.25) is 4.79 Å². The number of anilines is 1. The van der Waals surface area contributed by atoms with Crippen LogP contribution in [0.4, 0.5) is 5.13 Å². The molecule has 0 fully saturated rings. The van der Waals surface area contributed by atoms with E-state index in [1.807, 2.05) is 41.8 Å². The van der Waals surface area contributed by atoms with E-state index in [2.05, 4.69) is 71.8 Å². The molecule has 5 rings (SSSR count). The van der Waals surface area contributed by atoms with E-state index in [1.54, 1.807) is 6.20 Å². The summed E-state index contributed by atoms with van der Waals surface area (Å²) < 4.78 is 0. The van der Waals surface area contributed by atoms with E-state index in [4.69, 9.17) is 0 Å². The Kier molecular flexibility index (Phi) is 5.46. The fourth-order valence-corrected chi connectivity index (χ4v) is 5.20. The smallest absolute Gasteiger partial charge is 0.233 e. The Morgan fingerprint density at radius 1 is 1.00 bits per heavy atom. The number of fused-ring (bicyclic) bond motifs is 1. The van der Waals surface area contributed by atoms with Crippen molar-refractivity contribution in [3.05, 3.63) is 118 Å². The van der Waals surface area contributed by atoms with E-state index in [9.17, 15) is 4.79 Å². The number of benzene rings is 3. The van der Waals surface area contributed by atoms with Crippen molar-refractivity contribution in [1.82, 2.24) is 4.98 Å². The summed E-state index contributed by atoms with van der Waals surface area (Å²) >= 11 is 1.44. The van der Waals surface area contributed by atoms with E-state index >= 15 is 0 Å². The van der Waals surface area contributed by atoms with Gasteiger partial charge in [0.15, 0.2) is 5.13 Å². The molecule has 3 nitrogen and oxygen atoms in total. The lowest BCUT2D eigenvalue weighted by Crippen LogP contribution is -2.37. The lowest BCUT2D eigenvalue weighted by atomic mass is 9.73. The zero-order chi connectivity index (χ0) is 22.0. The molecule has 3 aromatic carbocycles. The highest BCUT2D eigenvalue weighted by Gasteiger charge is 2.48. The quantitative estimate of drug-likeness (QED) is 0.356. The van der Waals surface area contributed by atoms with Gasteiger partial charge in [0.2, 0.25) is 5.91 Å². The molecule has 0 saturated heterocycles. The van der Waals surface area contributed by atoms with Gasteiger partial charge >= 0.3 is 0 Å². The van der Waals surface area contributed by atoms with Crippen molar-refractivity contribution < 1.29 is 4.79 Å². The van der Waals surface area contributed by atoms with Crippen molar-refractivity contribution >= 4 is 34.5 Å². The number of rotatable bonds is 5. The Morgan fingerprint density at radius 3 is 2.44 bits per heavy atom. The number of amides is 1. The van der Waals surface area contributed by atoms with Gasteiger partial charge in [-0.1, -0.05) is 91.0 Å². The SMILES string of the molecule is C[C@]1(C(=O)Nc2nccs2)Cc2ccc(/C=C/c3ccccc3)cc2[C@H]1c1ccccc1. The standard InChI is InChI=1S/C28H24N2OS/c1-28(26(31)30-27-29-16-17-32-27)19-23-15-14-21(13-12-20-8-4-2-5-9-20)18-24(23)25(28)22-10-6-3-7-11-22/h2-18,25H,19H2,1H3,(H,29,30,31)/b13-12+/t25-,28+/m1/s1. The third kappa shape index (κ3) is 3.90. The zero-order valence-electron chi connectivity index (χ0n) is 17.9. The second-order valence-corrected chi connectivity index (χ2v) is 9.33. The molecule has 1 N–H and O–H groups in total. The summed E-state index contributed by atoms with van der Waals surface area (Å²) in [5.74, 6) is -0.0115. The Balaban J connectivity index is 1.53. The topological polar surface area (TPSA) is 42.0 Å². The number of hydrogen-bond acceptors (Lipinski definition) is 3. The normalized spacial score (nSPS) is 19.7. The minimum Gasteiger partial charge on any atom is -0.301 e. The van der Waals surface area contributed by atoms with Crippen LogP contribution in [-0.2, 0) is 11.2 Å². The van der Waals surface area contributed by atoms with E-state index in [0.29, 0.717) is 11.6 Å². The first-order valence-electron chi connectivity index (χ1n) is 10.8. The van der Waals surface area contributed by atoms with Crippen molar-refractivity contribution in [2.75, 3.05) is 5.32 Å². The number of carbonyl (C=O) groups excluding carboxylic acids is 1. The number of thiazole rings is 1. The van der Waals surface area contributed by atoms with Gasteiger partial charge in [0.1, 0.15) is 0 Å². The summed E-state index contributed by atoms with van der Waals surface area (Å²) in [6.07, 6.45) is 6.68. The van der Waals surface area contributed by atoms with Crippen LogP contribution in [0.15, 0.2) is 90.4 Å². The van der Waals surface area contributed by atoms with Crippen LogP contribution in [-0.4, -0.2) is 10.9 Å². The largest absolute Gasteiger partial charge is 0.301 e. The van der Waals surface area contributed by atoms with E-state index in [-0.39, 0.29) is 11.8 Å². The van der Waals surface area contributed by atoms with Crippen LogP contribution in [0.3, 0.4) is 0 Å². The highest BCUT2D eigenvalue weighted by molar-refractivity contribution is 7.13. The van der Waals surface area contributed by atoms with Gasteiger partial charge in [0.05, 0.1) is 5.41 Å². The van der Waals surface area contributed by atoms with Gasteiger partial charge in [-0.15, -0.1) is 11.3 Å². The number of hydrogen-bond donors (Lipinski definition) is 1. The minimum absolute atomic E-state index is 0.0129. The zero-order valence-corrected chi connectivity index (χ0v) is 18.7. The van der Waals surface area contributed by atoms with Gasteiger partial charge in [0.25, 0.3) is 0 Å². The average Bonchev–Trinajstić information content (AvgIpc) is 3.44. The van der Waals surface area contributed by atoms with Gasteiger partial charge in [0, 0.05) is 17.5 Å². The molecular formula is C28H24N2OS. The van der Waals surface area contributed by atoms with Crippen LogP contribution in [0.2, 0.25) is 0 Å². The molecule has 0 saturated carbocycles. The third-order valence-electron chi connectivity index (χ3n) is 6.25. The van der Waals surface area contributed by atoms with Crippen LogP contribution in [0.5, 0.6) is 0 Å². The third-order valence-corrected chi connectivity index (χ3v) is 6.94. The lowest BCUT2D eigenvalue weighted by molar-refractivity contribution is -0.125. The molecule has 0 spiro atoms. The first kappa shape index (κ1) is 20.4. The molecule has 0 radical (unpaired) electrons. The van der Waals surface area contributed by atoms with Gasteiger partial charge in [-0.05, 0) is 41.2 Å². The molecule has 158 valence electrons. The van der Waals surface area contributed by atoms with Crippen molar-refractivity contribution in [3.63, 3.8) is 0 Å². The van der Waals surface area contributed by atoms with Gasteiger partial charge < -0.3 is 5.32 Å². The summed E-state index contributed by atoms with van der Waals surface area (Å²) in [4.78, 5) is 17.8. The van der Waals surface area contributed by atoms with Crippen LogP contribution >= 0.6 is 11.3 Å². The molecule has 32 heavy (non-hydrogen) atoms. The second kappa shape index (κ2) is 8.56. The molecule has 0 unspecified atom stereocenters. The molecule has 2 atom stereocenters. The Hall–Kier alpha value is -3.50. The van der Waals surface area contributed by atoms with Crippen molar-refractivity contribution in [2.45, 2.75) is 19.3 Å². The number of carbonyl (C=O) groups is 1. The Labute approximate surface area is 192 Å². The summed E-state index contributed by atoms with van der Waals surface area (Å²) in [5, 5.41) is 5.58. The Bertz CT molecular complexity index is 1250. The van der Waals surface area contributed by atoms with Gasteiger partial charge in [-0.25, -0.2) is 4.98 Å². The molecule has 1 aliphatic rings. The van der Waals surface area contributed by atoms with Crippen molar-refractivity contribution in [1.29, 1.82) is 0 Å². The highest BCUT2D eigenvalue weighted by Crippen LogP contribution is 2.51. The predicted molar refractivity (Wildman–Crippen MR) is 133 cm³/mol. The molecule has 0 aliphatic heterocycles. The maximum atomic E-state index is 13.5. The minimum atomic E-state index is -0.600. The number of nitrogens with one attached hydrogen (secondary N) is 1. The summed E-state index contributed by atoms with van der Waals surface area (Å²) in [7, 11) is 0. The van der Waals surface area contributed by atoms with E-state index in [0.717, 1.165) is 11.1 Å². The lowest BCUT2D eigenvalue weighted by Gasteiger charge is -2.31. The fourth-order valence-electron chi connectivity index (χ4n) is 4.67. The van der Waals surface area contributed by atoms with Crippen molar-refractivity contribution in [3.8, 4) is 0 Å². The molecule has 4 heteroatoms. The van der Waals surface area contributed by atoms with Crippen LogP contribution in [0.1, 0.15) is 40.7 Å². The molecule has 1 heterocycles. The monoisotopic (exact) mass is 436 g/mol. The van der Waals surface area contributed by atoms with Gasteiger partial charge in [-0.2, -0.15) is 0 Å². The van der Waals surface area contributed by atoms with Crippen LogP contribution in [0.25, 0.3) is 12.2 Å². The maximum absolute atomic E-state index is 13.5. The van der Waals surface area contributed by atoms with Crippen molar-refractivity contribution in [2.24, 2.45) is 5.41 Å². The number of nitrogens with zero attached hydrogens (tertiary/aromatic N) is 1. The fraction of sp³-hybridized carbons (Fsp3) is 0.143. The summed E-state index contributed by atoms with van der Waals surface area (Å²) in [6.45, 7) is 2.08. The van der Waals surface area contributed by atoms with E-state index in [1.165, 1.54) is 28.0 Å². The second-order valence-electron chi connectivity index (χ2n) is 8.43. The van der Waals surface area contributed by atoms with Crippen LogP contribution in [0, 0.1) is 5.41 Å². The molecule has 1 amide bonds. The highest BCUT2D eigenvalue weighted by atomic mass is 32.1. The maximum Gasteiger partial charge on any atom is 0.233 e. The predicted octanol–water partition coefficient (Wildman–Crippen LogP) is 6.65. The molecule has 0 bridgehead atoms. The average molecular weight is 437 g/mol. The molecule has 1 aliphatic carbocycles. The van der Waals surface area contributed by atoms with Crippen LogP contribution < -0.4 is 5.32 Å². The summed E-state index contributed by atoms with van der Waals surface area (Å²) in [5.41, 5.74) is 5.32. The molecule has 1 aromatic heterocycles. The number of aromatic nitrogens is 1. The first-order chi connectivity index (χ1) is 15.6.